The maximum absolute atomic E-state index is 6.28. The average Bonchev–Trinajstić information content (AvgIpc) is 3.08. The lowest BCUT2D eigenvalue weighted by Crippen LogP contribution is -2.41. The Bertz CT molecular complexity index is 783. The molecule has 3 heterocycles. The minimum absolute atomic E-state index is 0.200. The summed E-state index contributed by atoms with van der Waals surface area (Å²) in [5.74, 6) is 3.11. The van der Waals surface area contributed by atoms with Gasteiger partial charge in [-0.1, -0.05) is 32.0 Å². The average molecular weight is 418 g/mol. The first-order valence-corrected chi connectivity index (χ1v) is 11.9. The van der Waals surface area contributed by atoms with Gasteiger partial charge >= 0.3 is 0 Å². The normalized spacial score (nSPS) is 18.0. The molecule has 4 rings (SSSR count). The predicted octanol–water partition coefficient (Wildman–Crippen LogP) is 3.92. The van der Waals surface area contributed by atoms with E-state index in [-0.39, 0.29) is 6.17 Å². The zero-order valence-corrected chi connectivity index (χ0v) is 18.7. The molecule has 1 unspecified atom stereocenters. The number of unbranched alkanes of at least 4 members (excludes halogenated alkanes) is 1. The molecule has 0 bridgehead atoms. The van der Waals surface area contributed by atoms with Crippen molar-refractivity contribution in [3.63, 3.8) is 0 Å². The van der Waals surface area contributed by atoms with Crippen LogP contribution >= 0.6 is 11.8 Å². The third kappa shape index (κ3) is 5.08. The molecule has 7 heteroatoms. The van der Waals surface area contributed by atoms with E-state index in [0.29, 0.717) is 12.4 Å². The number of nitrogens with one attached hydrogen (secondary N) is 2. The summed E-state index contributed by atoms with van der Waals surface area (Å²) in [4.78, 5) is 7.05. The minimum atomic E-state index is 0.200. The van der Waals surface area contributed by atoms with Crippen LogP contribution in [0.25, 0.3) is 10.9 Å². The van der Waals surface area contributed by atoms with Crippen molar-refractivity contribution in [3.8, 4) is 0 Å². The molecule has 1 fully saturated rings. The molecule has 2 aliphatic heterocycles. The maximum atomic E-state index is 6.28. The number of thioether (sulfide) groups is 1. The SMILES string of the molecule is CC.COCCC1Nc2c(N)nc3ccccc3c2N1CCCCNC1CSC1. The lowest BCUT2D eigenvalue weighted by Gasteiger charge is -2.28. The number of nitrogens with zero attached hydrogens (tertiary/aromatic N) is 2. The summed E-state index contributed by atoms with van der Waals surface area (Å²) >= 11 is 2.02. The third-order valence-electron chi connectivity index (χ3n) is 5.36. The van der Waals surface area contributed by atoms with E-state index >= 15 is 0 Å². The number of nitrogen functional groups attached to an aromatic ring is 1. The number of anilines is 3. The fourth-order valence-corrected chi connectivity index (χ4v) is 4.55. The van der Waals surface area contributed by atoms with E-state index in [4.69, 9.17) is 10.5 Å². The Kier molecular flexibility index (Phi) is 8.27. The number of ether oxygens (including phenoxy) is 1. The molecular weight excluding hydrogens is 382 g/mol. The minimum Gasteiger partial charge on any atom is -0.385 e. The van der Waals surface area contributed by atoms with Crippen molar-refractivity contribution in [2.75, 3.05) is 54.3 Å². The number of aromatic nitrogens is 1. The van der Waals surface area contributed by atoms with Crippen LogP contribution in [0.5, 0.6) is 0 Å². The number of hydrogen-bond acceptors (Lipinski definition) is 7. The second-order valence-corrected chi connectivity index (χ2v) is 8.34. The highest BCUT2D eigenvalue weighted by atomic mass is 32.2. The third-order valence-corrected chi connectivity index (χ3v) is 6.64. The van der Waals surface area contributed by atoms with Crippen LogP contribution in [-0.4, -0.2) is 55.5 Å². The summed E-state index contributed by atoms with van der Waals surface area (Å²) in [7, 11) is 1.75. The largest absolute Gasteiger partial charge is 0.385 e. The molecule has 2 aliphatic rings. The van der Waals surface area contributed by atoms with Gasteiger partial charge in [0.05, 0.1) is 11.2 Å². The van der Waals surface area contributed by atoms with Crippen LogP contribution < -0.4 is 21.3 Å². The zero-order chi connectivity index (χ0) is 20.6. The Hall–Kier alpha value is -1.70. The molecule has 4 N–H and O–H groups in total. The van der Waals surface area contributed by atoms with Gasteiger partial charge in [0.2, 0.25) is 0 Å². The number of fused-ring (bicyclic) bond motifs is 3. The van der Waals surface area contributed by atoms with Gasteiger partial charge in [-0.05, 0) is 25.5 Å². The molecule has 6 nitrogen and oxygen atoms in total. The van der Waals surface area contributed by atoms with Crippen LogP contribution in [-0.2, 0) is 4.74 Å². The van der Waals surface area contributed by atoms with Crippen LogP contribution in [0, 0.1) is 0 Å². The van der Waals surface area contributed by atoms with Crippen LogP contribution in [0.2, 0.25) is 0 Å². The van der Waals surface area contributed by atoms with Crippen molar-refractivity contribution >= 4 is 39.9 Å². The number of benzene rings is 1. The topological polar surface area (TPSA) is 75.4 Å². The standard InChI is InChI=1S/C20H29N5OS.C2H6/c1-26-11-8-17-24-18-19(15-6-2-3-7-16(15)23-20(18)21)25(17)10-5-4-9-22-14-12-27-13-14;1-2/h2-3,6-7,14,17,22,24H,4-5,8-13H2,1H3,(H2,21,23);1-2H3. The number of rotatable bonds is 9. The highest BCUT2D eigenvalue weighted by molar-refractivity contribution is 8.00. The molecule has 1 aromatic carbocycles. The molecular formula is C22H35N5OS. The number of pyridine rings is 1. The first-order chi connectivity index (χ1) is 14.3. The molecule has 0 radical (unpaired) electrons. The highest BCUT2D eigenvalue weighted by Gasteiger charge is 2.32. The van der Waals surface area contributed by atoms with E-state index < -0.39 is 0 Å². The molecule has 0 aliphatic carbocycles. The van der Waals surface area contributed by atoms with E-state index in [1.807, 2.05) is 37.7 Å². The summed E-state index contributed by atoms with van der Waals surface area (Å²) in [6.45, 7) is 6.82. The van der Waals surface area contributed by atoms with Crippen LogP contribution in [0.4, 0.5) is 17.2 Å². The second kappa shape index (κ2) is 10.9. The summed E-state index contributed by atoms with van der Waals surface area (Å²) < 4.78 is 5.33. The van der Waals surface area contributed by atoms with Gasteiger partial charge in [0.1, 0.15) is 17.7 Å². The van der Waals surface area contributed by atoms with Crippen molar-refractivity contribution in [1.29, 1.82) is 0 Å². The lowest BCUT2D eigenvalue weighted by atomic mass is 10.1. The quantitative estimate of drug-likeness (QED) is 0.534. The molecule has 2 aromatic rings. The fourth-order valence-electron chi connectivity index (χ4n) is 3.85. The van der Waals surface area contributed by atoms with Gasteiger partial charge in [0.15, 0.2) is 0 Å². The summed E-state index contributed by atoms with van der Waals surface area (Å²) in [6.07, 6.45) is 3.44. The van der Waals surface area contributed by atoms with Gasteiger partial charge in [-0.25, -0.2) is 4.98 Å². The summed E-state index contributed by atoms with van der Waals surface area (Å²) in [5.41, 5.74) is 9.40. The predicted molar refractivity (Wildman–Crippen MR) is 127 cm³/mol. The van der Waals surface area contributed by atoms with Crippen molar-refractivity contribution < 1.29 is 4.74 Å². The van der Waals surface area contributed by atoms with E-state index in [1.54, 1.807) is 7.11 Å². The van der Waals surface area contributed by atoms with Crippen molar-refractivity contribution in [2.45, 2.75) is 45.3 Å². The zero-order valence-electron chi connectivity index (χ0n) is 17.9. The summed E-state index contributed by atoms with van der Waals surface area (Å²) in [6, 6.07) is 8.99. The van der Waals surface area contributed by atoms with Gasteiger partial charge in [-0.2, -0.15) is 11.8 Å². The first kappa shape index (κ1) is 22.0. The van der Waals surface area contributed by atoms with E-state index in [1.165, 1.54) is 29.0 Å². The number of para-hydroxylation sites is 1. The maximum Gasteiger partial charge on any atom is 0.149 e. The Morgan fingerprint density at radius 3 is 2.79 bits per heavy atom. The monoisotopic (exact) mass is 417 g/mol. The molecule has 1 saturated heterocycles. The van der Waals surface area contributed by atoms with Gasteiger partial charge in [0.25, 0.3) is 0 Å². The van der Waals surface area contributed by atoms with E-state index in [0.717, 1.165) is 43.2 Å². The Morgan fingerprint density at radius 2 is 2.07 bits per heavy atom. The summed E-state index contributed by atoms with van der Waals surface area (Å²) in [5, 5.41) is 8.41. The Labute approximate surface area is 179 Å². The molecule has 1 aromatic heterocycles. The fraction of sp³-hybridized carbons (Fsp3) is 0.591. The van der Waals surface area contributed by atoms with Crippen molar-refractivity contribution in [1.82, 2.24) is 10.3 Å². The second-order valence-electron chi connectivity index (χ2n) is 7.27. The number of nitrogens with two attached hydrogens (primary N) is 1. The van der Waals surface area contributed by atoms with Crippen molar-refractivity contribution in [3.05, 3.63) is 24.3 Å². The van der Waals surface area contributed by atoms with Gasteiger partial charge < -0.3 is 26.0 Å². The van der Waals surface area contributed by atoms with Crippen LogP contribution in [0.1, 0.15) is 33.1 Å². The number of hydrogen-bond donors (Lipinski definition) is 3. The molecule has 160 valence electrons. The lowest BCUT2D eigenvalue weighted by molar-refractivity contribution is 0.189. The van der Waals surface area contributed by atoms with Crippen molar-refractivity contribution in [2.24, 2.45) is 0 Å². The van der Waals surface area contributed by atoms with E-state index in [2.05, 4.69) is 32.7 Å². The van der Waals surface area contributed by atoms with Crippen LogP contribution in [0.15, 0.2) is 24.3 Å². The molecule has 0 saturated carbocycles. The van der Waals surface area contributed by atoms with E-state index in [9.17, 15) is 0 Å². The van der Waals surface area contributed by atoms with Gasteiger partial charge in [-0.3, -0.25) is 0 Å². The smallest absolute Gasteiger partial charge is 0.149 e. The molecule has 29 heavy (non-hydrogen) atoms. The molecule has 0 amide bonds. The Balaban J connectivity index is 0.00000117. The number of methoxy groups -OCH3 is 1. The van der Waals surface area contributed by atoms with Gasteiger partial charge in [0, 0.05) is 49.6 Å². The van der Waals surface area contributed by atoms with Gasteiger partial charge in [-0.15, -0.1) is 0 Å². The van der Waals surface area contributed by atoms with Crippen LogP contribution in [0.3, 0.4) is 0 Å². The molecule has 1 atom stereocenters. The highest BCUT2D eigenvalue weighted by Crippen LogP contribution is 2.44. The first-order valence-electron chi connectivity index (χ1n) is 10.8. The molecule has 0 spiro atoms. The Morgan fingerprint density at radius 1 is 1.28 bits per heavy atom.